The molecule has 106 valence electrons. The van der Waals surface area contributed by atoms with Gasteiger partial charge in [-0.3, -0.25) is 0 Å². The van der Waals surface area contributed by atoms with E-state index in [4.69, 9.17) is 11.6 Å². The van der Waals surface area contributed by atoms with E-state index in [0.29, 0.717) is 10.6 Å². The van der Waals surface area contributed by atoms with E-state index < -0.39 is 0 Å². The van der Waals surface area contributed by atoms with Crippen molar-refractivity contribution in [2.24, 2.45) is 0 Å². The molecule has 0 aliphatic rings. The first kappa shape index (κ1) is 14.7. The van der Waals surface area contributed by atoms with Crippen molar-refractivity contribution < 1.29 is 4.39 Å². The van der Waals surface area contributed by atoms with Crippen molar-refractivity contribution in [3.05, 3.63) is 40.9 Å². The summed E-state index contributed by atoms with van der Waals surface area (Å²) in [7, 11) is 0. The molecule has 0 saturated heterocycles. The Labute approximate surface area is 123 Å². The number of nitrogens with one attached hydrogen (secondary N) is 1. The quantitative estimate of drug-likeness (QED) is 0.892. The van der Waals surface area contributed by atoms with E-state index in [1.165, 1.54) is 18.5 Å². The number of aromatic nitrogens is 2. The monoisotopic (exact) mass is 293 g/mol. The van der Waals surface area contributed by atoms with E-state index in [9.17, 15) is 4.39 Å². The molecule has 1 aromatic carbocycles. The van der Waals surface area contributed by atoms with Gasteiger partial charge in [0.15, 0.2) is 0 Å². The smallest absolute Gasteiger partial charge is 0.133 e. The van der Waals surface area contributed by atoms with E-state index in [1.54, 1.807) is 6.07 Å². The van der Waals surface area contributed by atoms with E-state index >= 15 is 0 Å². The van der Waals surface area contributed by atoms with Gasteiger partial charge in [0.1, 0.15) is 18.0 Å². The summed E-state index contributed by atoms with van der Waals surface area (Å²) >= 11 is 5.93. The van der Waals surface area contributed by atoms with Crippen LogP contribution in [0.3, 0.4) is 0 Å². The van der Waals surface area contributed by atoms with Crippen LogP contribution in [0.4, 0.5) is 10.2 Å². The predicted octanol–water partition coefficient (Wildman–Crippen LogP) is 4.32. The summed E-state index contributed by atoms with van der Waals surface area (Å²) in [5, 5.41) is 3.59. The number of anilines is 1. The Morgan fingerprint density at radius 2 is 2.00 bits per heavy atom. The van der Waals surface area contributed by atoms with E-state index in [1.807, 2.05) is 6.92 Å². The van der Waals surface area contributed by atoms with Gasteiger partial charge in [-0.2, -0.15) is 0 Å². The van der Waals surface area contributed by atoms with Crippen LogP contribution in [-0.2, 0) is 6.42 Å². The molecule has 3 nitrogen and oxygen atoms in total. The van der Waals surface area contributed by atoms with Gasteiger partial charge >= 0.3 is 0 Å². The van der Waals surface area contributed by atoms with Crippen molar-refractivity contribution in [1.82, 2.24) is 9.97 Å². The minimum absolute atomic E-state index is 0.362. The van der Waals surface area contributed by atoms with Crippen molar-refractivity contribution >= 4 is 17.4 Å². The number of benzene rings is 1. The number of halogens is 2. The average molecular weight is 294 g/mol. The lowest BCUT2D eigenvalue weighted by molar-refractivity contribution is 0.628. The van der Waals surface area contributed by atoms with E-state index in [0.717, 1.165) is 36.5 Å². The summed E-state index contributed by atoms with van der Waals surface area (Å²) in [4.78, 5) is 8.59. The molecule has 0 spiro atoms. The lowest BCUT2D eigenvalue weighted by Gasteiger charge is -2.13. The molecule has 0 fully saturated rings. The predicted molar refractivity (Wildman–Crippen MR) is 80.6 cm³/mol. The third-order valence-electron chi connectivity index (χ3n) is 2.93. The van der Waals surface area contributed by atoms with Crippen LogP contribution >= 0.6 is 11.6 Å². The maximum atomic E-state index is 13.5. The molecule has 0 aliphatic heterocycles. The van der Waals surface area contributed by atoms with E-state index in [2.05, 4.69) is 22.2 Å². The van der Waals surface area contributed by atoms with Crippen molar-refractivity contribution in [3.8, 4) is 11.3 Å². The van der Waals surface area contributed by atoms with Gasteiger partial charge < -0.3 is 5.32 Å². The van der Waals surface area contributed by atoms with Crippen molar-refractivity contribution in [1.29, 1.82) is 0 Å². The van der Waals surface area contributed by atoms with Crippen molar-refractivity contribution in [2.75, 3.05) is 11.9 Å². The molecule has 1 N–H and O–H groups in total. The van der Waals surface area contributed by atoms with Crippen LogP contribution in [0.2, 0.25) is 5.02 Å². The maximum Gasteiger partial charge on any atom is 0.133 e. The molecular weight excluding hydrogens is 277 g/mol. The summed E-state index contributed by atoms with van der Waals surface area (Å²) in [6.45, 7) is 4.87. The Balaban J connectivity index is 2.56. The number of rotatable bonds is 5. The van der Waals surface area contributed by atoms with E-state index in [-0.39, 0.29) is 5.82 Å². The molecule has 0 atom stereocenters. The van der Waals surface area contributed by atoms with Crippen LogP contribution in [0.5, 0.6) is 0 Å². The Kier molecular flexibility index (Phi) is 4.90. The normalized spacial score (nSPS) is 10.6. The Bertz CT molecular complexity index is 581. The van der Waals surface area contributed by atoms with Gasteiger partial charge in [0.05, 0.1) is 5.69 Å². The lowest BCUT2D eigenvalue weighted by atomic mass is 10.0. The number of hydrogen-bond donors (Lipinski definition) is 1. The molecule has 0 unspecified atom stereocenters. The summed E-state index contributed by atoms with van der Waals surface area (Å²) < 4.78 is 13.5. The lowest BCUT2D eigenvalue weighted by Crippen LogP contribution is -2.06. The minimum atomic E-state index is -0.362. The zero-order valence-corrected chi connectivity index (χ0v) is 12.3. The molecule has 2 aromatic rings. The number of hydrogen-bond acceptors (Lipinski definition) is 3. The second-order valence-electron chi connectivity index (χ2n) is 4.49. The average Bonchev–Trinajstić information content (AvgIpc) is 2.40. The van der Waals surface area contributed by atoms with Crippen LogP contribution in [0.1, 0.15) is 25.8 Å². The maximum absolute atomic E-state index is 13.5. The molecule has 1 heterocycles. The second kappa shape index (κ2) is 6.66. The highest BCUT2D eigenvalue weighted by Gasteiger charge is 2.13. The molecule has 0 aliphatic carbocycles. The summed E-state index contributed by atoms with van der Waals surface area (Å²) in [5.41, 5.74) is 2.41. The zero-order valence-electron chi connectivity index (χ0n) is 11.6. The summed E-state index contributed by atoms with van der Waals surface area (Å²) in [6.07, 6.45) is 3.28. The van der Waals surface area contributed by atoms with Gasteiger partial charge in [-0.15, -0.1) is 0 Å². The molecular formula is C15H17ClFN3. The molecule has 1 aromatic heterocycles. The fraction of sp³-hybridized carbons (Fsp3) is 0.333. The standard InChI is InChI=1S/C15H17ClFN3/c1-3-5-13-14(19-9-20-15(13)18-4-2)10-6-11(16)8-12(17)7-10/h6-9H,3-5H2,1-2H3,(H,18,19,20). The third kappa shape index (κ3) is 3.25. The minimum Gasteiger partial charge on any atom is -0.370 e. The molecule has 5 heteroatoms. The van der Waals surface area contributed by atoms with Gasteiger partial charge in [0, 0.05) is 22.7 Å². The Morgan fingerprint density at radius 1 is 1.20 bits per heavy atom. The molecule has 2 rings (SSSR count). The Hall–Kier alpha value is -1.68. The second-order valence-corrected chi connectivity index (χ2v) is 4.92. The molecule has 0 saturated carbocycles. The fourth-order valence-corrected chi connectivity index (χ4v) is 2.38. The van der Waals surface area contributed by atoms with Crippen LogP contribution in [0, 0.1) is 5.82 Å². The van der Waals surface area contributed by atoms with Gasteiger partial charge in [-0.1, -0.05) is 24.9 Å². The number of nitrogens with zero attached hydrogens (tertiary/aromatic N) is 2. The van der Waals surface area contributed by atoms with Crippen molar-refractivity contribution in [2.45, 2.75) is 26.7 Å². The van der Waals surface area contributed by atoms with Crippen LogP contribution in [0.25, 0.3) is 11.3 Å². The van der Waals surface area contributed by atoms with Gasteiger partial charge in [0.25, 0.3) is 0 Å². The first-order chi connectivity index (χ1) is 9.65. The first-order valence-electron chi connectivity index (χ1n) is 6.69. The van der Waals surface area contributed by atoms with Gasteiger partial charge in [-0.05, 0) is 31.5 Å². The highest BCUT2D eigenvalue weighted by Crippen LogP contribution is 2.29. The van der Waals surface area contributed by atoms with Gasteiger partial charge in [0.2, 0.25) is 0 Å². The Morgan fingerprint density at radius 3 is 2.65 bits per heavy atom. The molecule has 0 amide bonds. The first-order valence-corrected chi connectivity index (χ1v) is 7.07. The fourth-order valence-electron chi connectivity index (χ4n) is 2.16. The van der Waals surface area contributed by atoms with Crippen molar-refractivity contribution in [3.63, 3.8) is 0 Å². The molecule has 0 radical (unpaired) electrons. The summed E-state index contributed by atoms with van der Waals surface area (Å²) in [6, 6.07) is 4.46. The highest BCUT2D eigenvalue weighted by molar-refractivity contribution is 6.30. The summed E-state index contributed by atoms with van der Waals surface area (Å²) in [5.74, 6) is 0.443. The van der Waals surface area contributed by atoms with Crippen LogP contribution in [0.15, 0.2) is 24.5 Å². The molecule has 20 heavy (non-hydrogen) atoms. The highest BCUT2D eigenvalue weighted by atomic mass is 35.5. The molecule has 0 bridgehead atoms. The third-order valence-corrected chi connectivity index (χ3v) is 3.14. The zero-order chi connectivity index (χ0) is 14.5. The largest absolute Gasteiger partial charge is 0.370 e. The SMILES string of the molecule is CCCc1c(NCC)ncnc1-c1cc(F)cc(Cl)c1. The topological polar surface area (TPSA) is 37.8 Å². The van der Waals surface area contributed by atoms with Crippen LogP contribution < -0.4 is 5.32 Å². The van der Waals surface area contributed by atoms with Crippen LogP contribution in [-0.4, -0.2) is 16.5 Å². The van der Waals surface area contributed by atoms with Gasteiger partial charge in [-0.25, -0.2) is 14.4 Å².